The Balaban J connectivity index is 4.49. The van der Waals surface area contributed by atoms with Crippen molar-refractivity contribution in [2.75, 3.05) is 13.2 Å². The number of rotatable bonds is 52. The lowest BCUT2D eigenvalue weighted by molar-refractivity contribution is -0.166. The Morgan fingerprint density at radius 3 is 0.890 bits per heavy atom. The molecule has 0 amide bonds. The first-order chi connectivity index (χ1) is 36.0. The van der Waals surface area contributed by atoms with Gasteiger partial charge in [0.05, 0.1) is 0 Å². The van der Waals surface area contributed by atoms with Crippen molar-refractivity contribution in [1.82, 2.24) is 0 Å². The molecule has 0 aliphatic heterocycles. The third kappa shape index (κ3) is 58.3. The summed E-state index contributed by atoms with van der Waals surface area (Å²) in [6, 6.07) is 0. The predicted molar refractivity (Wildman–Crippen MR) is 316 cm³/mol. The lowest BCUT2D eigenvalue weighted by atomic mass is 10.0. The van der Waals surface area contributed by atoms with Crippen LogP contribution < -0.4 is 0 Å². The number of carbonyl (C=O) groups excluding carboxylic acids is 3. The molecular weight excluding hydrogens is 901 g/mol. The van der Waals surface area contributed by atoms with Gasteiger partial charge in [-0.25, -0.2) is 0 Å². The van der Waals surface area contributed by atoms with Gasteiger partial charge in [-0.2, -0.15) is 0 Å². The molecule has 0 N–H and O–H groups in total. The van der Waals surface area contributed by atoms with Crippen molar-refractivity contribution in [2.45, 2.75) is 258 Å². The topological polar surface area (TPSA) is 78.9 Å². The highest BCUT2D eigenvalue weighted by molar-refractivity contribution is 5.71. The van der Waals surface area contributed by atoms with Crippen LogP contribution in [-0.4, -0.2) is 37.2 Å². The van der Waals surface area contributed by atoms with E-state index in [-0.39, 0.29) is 31.6 Å². The molecule has 0 radical (unpaired) electrons. The van der Waals surface area contributed by atoms with Crippen molar-refractivity contribution in [3.05, 3.63) is 134 Å². The standard InChI is InChI=1S/C67H108O6/c1-4-7-10-13-16-19-22-25-27-29-31-32-33-34-36-37-39-42-45-48-51-54-57-60-66(69)72-63-64(62-71-65(68)59-56-53-50-47-44-41-24-21-18-15-12-9-6-3)73-67(70)61-58-55-52-49-46-43-40-38-35-30-28-26-23-20-17-14-11-8-5-2/h7-8,10-11,16-17,19-20,25-28,31-32,34-36,38,43,46,52,55,64H,4-6,9,12-15,18,21-24,29-30,33,37,39-42,44-45,47-51,53-54,56-63H2,1-3H3/b10-7-,11-8-,19-16-,20-17-,27-25-,28-26-,32-31-,36-34-,38-35-,46-43-,55-52-. The van der Waals surface area contributed by atoms with Crippen LogP contribution in [0.15, 0.2) is 134 Å². The summed E-state index contributed by atoms with van der Waals surface area (Å²) in [4.78, 5) is 38.2. The van der Waals surface area contributed by atoms with Gasteiger partial charge in [-0.05, 0) is 103 Å². The lowest BCUT2D eigenvalue weighted by Gasteiger charge is -2.18. The van der Waals surface area contributed by atoms with Crippen molar-refractivity contribution in [3.8, 4) is 0 Å². The van der Waals surface area contributed by atoms with E-state index in [0.29, 0.717) is 19.3 Å². The number of hydrogen-bond donors (Lipinski definition) is 0. The molecule has 0 rings (SSSR count). The summed E-state index contributed by atoms with van der Waals surface area (Å²) < 4.78 is 16.8. The van der Waals surface area contributed by atoms with Crippen LogP contribution in [0.4, 0.5) is 0 Å². The van der Waals surface area contributed by atoms with Crippen molar-refractivity contribution in [1.29, 1.82) is 0 Å². The number of esters is 3. The van der Waals surface area contributed by atoms with Crippen molar-refractivity contribution in [2.24, 2.45) is 0 Å². The van der Waals surface area contributed by atoms with Crippen LogP contribution in [-0.2, 0) is 28.6 Å². The van der Waals surface area contributed by atoms with Gasteiger partial charge in [0.15, 0.2) is 6.10 Å². The van der Waals surface area contributed by atoms with Crippen LogP contribution in [0.25, 0.3) is 0 Å². The van der Waals surface area contributed by atoms with Crippen LogP contribution in [0.5, 0.6) is 0 Å². The maximum Gasteiger partial charge on any atom is 0.306 e. The number of carbonyl (C=O) groups is 3. The van der Waals surface area contributed by atoms with Crippen LogP contribution in [0, 0.1) is 0 Å². The summed E-state index contributed by atoms with van der Waals surface area (Å²) >= 11 is 0. The minimum Gasteiger partial charge on any atom is -0.462 e. The fourth-order valence-corrected chi connectivity index (χ4v) is 7.79. The van der Waals surface area contributed by atoms with E-state index in [1.54, 1.807) is 0 Å². The SMILES string of the molecule is CC/C=C\C/C=C\C/C=C\C/C=C\C/C=C\C/C=C\CCC(=O)OC(COC(=O)CCCCCCCCC/C=C\C/C=C\C/C=C\C/C=C\C/C=C\CC)COC(=O)CCCCCCCCCCCCCCC. The molecule has 0 aliphatic rings. The minimum absolute atomic E-state index is 0.114. The van der Waals surface area contributed by atoms with E-state index in [1.165, 1.54) is 89.9 Å². The second-order valence-electron chi connectivity index (χ2n) is 19.1. The first-order valence-corrected chi connectivity index (χ1v) is 29.7. The average molecular weight is 1010 g/mol. The normalized spacial score (nSPS) is 13.1. The Hall–Kier alpha value is -4.45. The molecule has 0 saturated carbocycles. The monoisotopic (exact) mass is 1010 g/mol. The molecule has 0 saturated heterocycles. The highest BCUT2D eigenvalue weighted by atomic mass is 16.6. The van der Waals surface area contributed by atoms with Gasteiger partial charge in [0.1, 0.15) is 13.2 Å². The zero-order valence-corrected chi connectivity index (χ0v) is 47.1. The summed E-state index contributed by atoms with van der Waals surface area (Å²) in [7, 11) is 0. The summed E-state index contributed by atoms with van der Waals surface area (Å²) in [5.41, 5.74) is 0. The largest absolute Gasteiger partial charge is 0.462 e. The third-order valence-corrected chi connectivity index (χ3v) is 12.2. The second kappa shape index (κ2) is 60.1. The molecule has 0 aromatic heterocycles. The highest BCUT2D eigenvalue weighted by Crippen LogP contribution is 2.15. The predicted octanol–water partition coefficient (Wildman–Crippen LogP) is 20.2. The minimum atomic E-state index is -0.827. The van der Waals surface area contributed by atoms with Crippen molar-refractivity contribution >= 4 is 17.9 Å². The summed E-state index contributed by atoms with van der Waals surface area (Å²) in [5, 5.41) is 0. The van der Waals surface area contributed by atoms with Gasteiger partial charge in [0.25, 0.3) is 0 Å². The molecule has 73 heavy (non-hydrogen) atoms. The Labute approximate surface area is 449 Å². The molecule has 0 aromatic carbocycles. The van der Waals surface area contributed by atoms with Crippen LogP contribution in [0.2, 0.25) is 0 Å². The molecule has 0 aromatic rings. The number of allylic oxidation sites excluding steroid dienone is 22. The maximum atomic E-state index is 12.8. The van der Waals surface area contributed by atoms with Gasteiger partial charge in [-0.3, -0.25) is 14.4 Å². The van der Waals surface area contributed by atoms with E-state index in [1.807, 2.05) is 12.2 Å². The lowest BCUT2D eigenvalue weighted by Crippen LogP contribution is -2.30. The molecule has 412 valence electrons. The molecule has 1 atom stereocenters. The van der Waals surface area contributed by atoms with Gasteiger partial charge in [0.2, 0.25) is 0 Å². The van der Waals surface area contributed by atoms with E-state index in [9.17, 15) is 14.4 Å². The summed E-state index contributed by atoms with van der Waals surface area (Å²) in [5.74, 6) is -1.01. The second-order valence-corrected chi connectivity index (χ2v) is 19.1. The van der Waals surface area contributed by atoms with Crippen LogP contribution in [0.1, 0.15) is 252 Å². The average Bonchev–Trinajstić information content (AvgIpc) is 3.39. The fraction of sp³-hybridized carbons (Fsp3) is 0.627. The van der Waals surface area contributed by atoms with Crippen molar-refractivity contribution in [3.63, 3.8) is 0 Å². The van der Waals surface area contributed by atoms with E-state index in [2.05, 4.69) is 142 Å². The van der Waals surface area contributed by atoms with Gasteiger partial charge < -0.3 is 14.2 Å². The number of unbranched alkanes of at least 4 members (excludes halogenated alkanes) is 19. The molecule has 0 bridgehead atoms. The Morgan fingerprint density at radius 2 is 0.562 bits per heavy atom. The molecule has 0 fully saturated rings. The number of ether oxygens (including phenoxy) is 3. The number of hydrogen-bond acceptors (Lipinski definition) is 6. The third-order valence-electron chi connectivity index (χ3n) is 12.2. The van der Waals surface area contributed by atoms with Gasteiger partial charge in [0, 0.05) is 19.3 Å². The maximum absolute atomic E-state index is 12.8. The molecule has 6 nitrogen and oxygen atoms in total. The highest BCUT2D eigenvalue weighted by Gasteiger charge is 2.19. The zero-order chi connectivity index (χ0) is 52.9. The molecule has 0 heterocycles. The summed E-state index contributed by atoms with van der Waals surface area (Å²) in [6.07, 6.45) is 84.5. The fourth-order valence-electron chi connectivity index (χ4n) is 7.79. The van der Waals surface area contributed by atoms with Gasteiger partial charge in [-0.15, -0.1) is 0 Å². The quantitative estimate of drug-likeness (QED) is 0.0261. The summed E-state index contributed by atoms with van der Waals surface area (Å²) in [6.45, 7) is 6.34. The van der Waals surface area contributed by atoms with E-state index in [0.717, 1.165) is 116 Å². The molecular formula is C67H108O6. The zero-order valence-electron chi connectivity index (χ0n) is 47.1. The van der Waals surface area contributed by atoms with Gasteiger partial charge in [-0.1, -0.05) is 264 Å². The molecule has 0 spiro atoms. The van der Waals surface area contributed by atoms with E-state index in [4.69, 9.17) is 14.2 Å². The first-order valence-electron chi connectivity index (χ1n) is 29.7. The molecule has 6 heteroatoms. The molecule has 1 unspecified atom stereocenters. The Bertz CT molecular complexity index is 1580. The smallest absolute Gasteiger partial charge is 0.306 e. The Kier molecular flexibility index (Phi) is 56.4. The van der Waals surface area contributed by atoms with Crippen molar-refractivity contribution < 1.29 is 28.6 Å². The first kappa shape index (κ1) is 68.6. The van der Waals surface area contributed by atoms with Crippen LogP contribution in [0.3, 0.4) is 0 Å². The van der Waals surface area contributed by atoms with Crippen LogP contribution >= 0.6 is 0 Å². The Morgan fingerprint density at radius 1 is 0.288 bits per heavy atom. The molecule has 0 aliphatic carbocycles. The van der Waals surface area contributed by atoms with E-state index >= 15 is 0 Å². The van der Waals surface area contributed by atoms with E-state index < -0.39 is 12.1 Å². The van der Waals surface area contributed by atoms with Gasteiger partial charge >= 0.3 is 17.9 Å².